The van der Waals surface area contributed by atoms with Crippen LogP contribution in [0.15, 0.2) is 49.6 Å². The van der Waals surface area contributed by atoms with Gasteiger partial charge in [-0.1, -0.05) is 30.0 Å². The number of benzene rings is 5. The third kappa shape index (κ3) is 21.3. The topological polar surface area (TPSA) is 154 Å². The van der Waals surface area contributed by atoms with E-state index in [9.17, 15) is 65.9 Å². The van der Waals surface area contributed by atoms with Gasteiger partial charge in [-0.2, -0.15) is 22.0 Å². The first-order valence-corrected chi connectivity index (χ1v) is 31.9. The summed E-state index contributed by atoms with van der Waals surface area (Å²) in [7, 11) is 4.24. The Hall–Kier alpha value is -4.11. The number of halogens is 18. The Bertz CT molecular complexity index is 3300. The van der Waals surface area contributed by atoms with Crippen LogP contribution in [-0.2, 0) is 37.2 Å². The SMILES string of the molecule is C.CC1(C)OB(B2OC(C)(C)C(C)(C)O2)OC1(C)C.CI.COc1c(F)cc(B2OC(C)(C)C(C)(C)O2)c(F)c1F.COc1c(F)cc(B2OC(C)(C)C(C)(C)O2)c(F)c1F.COc1c(F)cc(Br)c(F)c1F.Oc1c(F)cc(Br)c(F)c1F.Oc1c(F)ccc(F)c1F.[B]=NS. The van der Waals surface area contributed by atoms with Crippen LogP contribution < -0.4 is 25.1 Å². The van der Waals surface area contributed by atoms with Gasteiger partial charge in [0.2, 0.25) is 29.1 Å². The van der Waals surface area contributed by atoms with Crippen molar-refractivity contribution in [2.24, 2.45) is 4.30 Å². The van der Waals surface area contributed by atoms with E-state index in [0.29, 0.717) is 18.2 Å². The molecule has 2 N–H and O–H groups in total. The number of phenols is 2. The van der Waals surface area contributed by atoms with Crippen molar-refractivity contribution in [2.75, 3.05) is 26.3 Å². The van der Waals surface area contributed by atoms with E-state index in [1.165, 1.54) is 0 Å². The van der Waals surface area contributed by atoms with Crippen LogP contribution in [0.4, 0.5) is 65.9 Å². The zero-order valence-electron chi connectivity index (χ0n) is 55.4. The normalized spacial score (nSPS) is 17.9. The fraction of sp³-hybridized carbons (Fsp3) is 0.492. The molecule has 4 aliphatic heterocycles. The molecular formula is C59H73B5Br2F15INO13S. The molecule has 0 unspecified atom stereocenters. The molecular weight excluding hydrogens is 1590 g/mol. The van der Waals surface area contributed by atoms with E-state index in [2.05, 4.69) is 93.4 Å². The van der Waals surface area contributed by atoms with Gasteiger partial charge >= 0.3 is 53.0 Å². The van der Waals surface area contributed by atoms with Crippen LogP contribution >= 0.6 is 67.3 Å². The molecule has 539 valence electrons. The second-order valence-electron chi connectivity index (χ2n) is 24.3. The molecule has 1 radical (unpaired) electrons. The number of rotatable bonds is 6. The number of phenolic OH excluding ortho intramolecular Hbond substituents is 2. The van der Waals surface area contributed by atoms with Crippen LogP contribution in [0.5, 0.6) is 28.7 Å². The molecule has 14 nitrogen and oxygen atoms in total. The molecule has 0 spiro atoms. The van der Waals surface area contributed by atoms with Crippen molar-refractivity contribution in [1.29, 1.82) is 0 Å². The van der Waals surface area contributed by atoms with E-state index in [4.69, 9.17) is 47.4 Å². The summed E-state index contributed by atoms with van der Waals surface area (Å²) in [5, 5.41) is 16.9. The van der Waals surface area contributed by atoms with Crippen molar-refractivity contribution in [3.63, 3.8) is 0 Å². The summed E-state index contributed by atoms with van der Waals surface area (Å²) < 4.78 is 256. The van der Waals surface area contributed by atoms with Gasteiger partial charge in [-0.15, -0.1) is 0 Å². The van der Waals surface area contributed by atoms with E-state index in [-0.39, 0.29) is 49.7 Å². The molecule has 0 bridgehead atoms. The van der Waals surface area contributed by atoms with Crippen molar-refractivity contribution in [3.8, 4) is 28.7 Å². The van der Waals surface area contributed by atoms with Crippen molar-refractivity contribution in [2.45, 2.75) is 163 Å². The third-order valence-electron chi connectivity index (χ3n) is 15.9. The number of alkyl halides is 1. The Morgan fingerprint density at radius 3 is 0.887 bits per heavy atom. The Kier molecular flexibility index (Phi) is 33.4. The first-order valence-electron chi connectivity index (χ1n) is 27.7. The minimum absolute atomic E-state index is 0. The Morgan fingerprint density at radius 2 is 0.608 bits per heavy atom. The van der Waals surface area contributed by atoms with Crippen LogP contribution in [0, 0.1) is 87.3 Å². The number of aromatic hydroxyl groups is 2. The van der Waals surface area contributed by atoms with Crippen molar-refractivity contribution in [1.82, 2.24) is 0 Å². The fourth-order valence-electron chi connectivity index (χ4n) is 7.66. The van der Waals surface area contributed by atoms with Gasteiger partial charge in [0, 0.05) is 10.9 Å². The predicted molar refractivity (Wildman–Crippen MR) is 357 cm³/mol. The van der Waals surface area contributed by atoms with E-state index >= 15 is 0 Å². The van der Waals surface area contributed by atoms with Gasteiger partial charge < -0.3 is 61.7 Å². The fourth-order valence-corrected chi connectivity index (χ4v) is 8.41. The first-order chi connectivity index (χ1) is 43.7. The molecule has 5 aromatic carbocycles. The van der Waals surface area contributed by atoms with Gasteiger partial charge in [0.1, 0.15) is 0 Å². The summed E-state index contributed by atoms with van der Waals surface area (Å²) in [4.78, 5) is 1.97. The summed E-state index contributed by atoms with van der Waals surface area (Å²) in [5.41, 5.74) is -4.98. The number of hydrogen-bond donors (Lipinski definition) is 3. The summed E-state index contributed by atoms with van der Waals surface area (Å²) in [6.07, 6.45) is 0. The molecule has 38 heteroatoms. The molecule has 0 atom stereocenters. The molecule has 9 rings (SSSR count). The third-order valence-corrected chi connectivity index (χ3v) is 17.0. The van der Waals surface area contributed by atoms with Gasteiger partial charge in [0.15, 0.2) is 86.9 Å². The zero-order chi connectivity index (χ0) is 74.9. The summed E-state index contributed by atoms with van der Waals surface area (Å²) in [6, 6.07) is 4.36. The van der Waals surface area contributed by atoms with Gasteiger partial charge in [-0.3, -0.25) is 0 Å². The second-order valence-corrected chi connectivity index (χ2v) is 26.2. The van der Waals surface area contributed by atoms with E-state index in [1.54, 1.807) is 55.4 Å². The Balaban J connectivity index is 0.000000583. The number of nitrogens with zero attached hydrogens (tertiary/aromatic N) is 1. The standard InChI is InChI=1S/2C13H16BF3O3.C12H24B2O4.C7H4BrF3O.C6H2BrF3O.C6H3F3O.CH3I.CH4.BHNS/c2*1-12(2)13(3,4)20-14(19-12)7-6-8(15)11(18-5)10(17)9(7)16;1-9(2)10(3,4)16-13(15-9)14-17-11(5,6)12(7,8)18-14;1-12-7-4(9)2-3(8)5(10)6(7)11;7-2-1-3(8)6(11)5(10)4(2)9;7-3-1-2-4(8)6(10)5(3)9;1-2;;1-2-3/h2*6H,1-5H3;1-8H3;2H,1H3;1,11H;1-2,10H;1H3;1H4;3H. The molecule has 0 saturated carbocycles. The molecule has 5 aromatic rings. The predicted octanol–water partition coefficient (Wildman–Crippen LogP) is 16.2. The zero-order valence-corrected chi connectivity index (χ0v) is 61.7. The summed E-state index contributed by atoms with van der Waals surface area (Å²) >= 11 is 10.6. The van der Waals surface area contributed by atoms with E-state index in [0.717, 1.165) is 39.5 Å². The molecule has 4 aliphatic rings. The quantitative estimate of drug-likeness (QED) is 0.0281. The average Bonchev–Trinajstić information content (AvgIpc) is 1.63. The van der Waals surface area contributed by atoms with E-state index < -0.39 is 167 Å². The van der Waals surface area contributed by atoms with Gasteiger partial charge in [0.25, 0.3) is 0 Å². The Labute approximate surface area is 592 Å². The van der Waals surface area contributed by atoms with Gasteiger partial charge in [-0.25, -0.2) is 43.9 Å². The van der Waals surface area contributed by atoms with Crippen molar-refractivity contribution < 1.29 is 128 Å². The second kappa shape index (κ2) is 35.7. The van der Waals surface area contributed by atoms with Gasteiger partial charge in [0.05, 0.1) is 75.1 Å². The average molecular weight is 1660 g/mol. The Morgan fingerprint density at radius 1 is 0.381 bits per heavy atom. The molecule has 97 heavy (non-hydrogen) atoms. The van der Waals surface area contributed by atoms with Gasteiger partial charge in [-0.05, 0) is 184 Å². The van der Waals surface area contributed by atoms with Crippen LogP contribution in [0.3, 0.4) is 0 Å². The molecule has 4 heterocycles. The van der Waals surface area contributed by atoms with Crippen LogP contribution in [0.25, 0.3) is 0 Å². The van der Waals surface area contributed by atoms with Crippen LogP contribution in [0.1, 0.15) is 118 Å². The molecule has 4 saturated heterocycles. The minimum atomic E-state index is -1.59. The number of ether oxygens (including phenoxy) is 3. The monoisotopic (exact) mass is 1660 g/mol. The number of methoxy groups -OCH3 is 3. The molecule has 0 aliphatic carbocycles. The first kappa shape index (κ1) is 90.9. The molecule has 0 aromatic heterocycles. The maximum absolute atomic E-state index is 14.0. The van der Waals surface area contributed by atoms with E-state index in [1.807, 2.05) is 60.3 Å². The number of hydrogen-bond acceptors (Lipinski definition) is 15. The number of thiol groups is 1. The van der Waals surface area contributed by atoms with Crippen LogP contribution in [-0.4, -0.2) is 117 Å². The van der Waals surface area contributed by atoms with Crippen molar-refractivity contribution >= 4 is 114 Å². The molecule has 0 amide bonds. The van der Waals surface area contributed by atoms with Crippen molar-refractivity contribution in [3.05, 3.63) is 133 Å². The molecule has 4 fully saturated rings. The van der Waals surface area contributed by atoms with Crippen LogP contribution in [0.2, 0.25) is 0 Å². The summed E-state index contributed by atoms with van der Waals surface area (Å²) in [5.74, 6) is -23.6. The summed E-state index contributed by atoms with van der Waals surface area (Å²) in [6.45, 7) is 30.3. The maximum atomic E-state index is 14.0.